The fourth-order valence-corrected chi connectivity index (χ4v) is 4.23. The zero-order valence-corrected chi connectivity index (χ0v) is 17.4. The zero-order chi connectivity index (χ0) is 20.9. The second kappa shape index (κ2) is 9.22. The van der Waals surface area contributed by atoms with Crippen molar-refractivity contribution in [3.8, 4) is 0 Å². The molecule has 2 heterocycles. The fourth-order valence-electron chi connectivity index (χ4n) is 4.23. The molecule has 1 aliphatic rings. The van der Waals surface area contributed by atoms with E-state index < -0.39 is 0 Å². The minimum atomic E-state index is -0.223. The van der Waals surface area contributed by atoms with E-state index in [4.69, 9.17) is 0 Å². The largest absolute Gasteiger partial charge is 0.350 e. The third-order valence-electron chi connectivity index (χ3n) is 5.78. The van der Waals surface area contributed by atoms with Crippen molar-refractivity contribution in [1.29, 1.82) is 0 Å². The Balaban J connectivity index is 1.35. The summed E-state index contributed by atoms with van der Waals surface area (Å²) in [6.07, 6.45) is 3.04. The molecule has 0 aliphatic carbocycles. The third-order valence-corrected chi connectivity index (χ3v) is 5.78. The van der Waals surface area contributed by atoms with Crippen LogP contribution < -0.4 is 10.9 Å². The number of aromatic nitrogens is 2. The number of hydrogen-bond donors (Lipinski definition) is 1. The van der Waals surface area contributed by atoms with Gasteiger partial charge in [-0.1, -0.05) is 48.5 Å². The molecule has 1 saturated heterocycles. The summed E-state index contributed by atoms with van der Waals surface area (Å²) in [6.45, 7) is 4.70. The molecule has 1 aliphatic heterocycles. The van der Waals surface area contributed by atoms with Crippen molar-refractivity contribution in [2.45, 2.75) is 38.8 Å². The molecule has 1 N–H and O–H groups in total. The van der Waals surface area contributed by atoms with Gasteiger partial charge in [0.2, 0.25) is 5.91 Å². The number of carbonyl (C=O) groups excluding carboxylic acids is 1. The number of amides is 1. The van der Waals surface area contributed by atoms with E-state index in [0.717, 1.165) is 50.0 Å². The Labute approximate surface area is 176 Å². The van der Waals surface area contributed by atoms with Crippen molar-refractivity contribution < 1.29 is 4.79 Å². The zero-order valence-electron chi connectivity index (χ0n) is 17.4. The topological polar surface area (TPSA) is 67.2 Å². The molecular formula is C24H28N4O2. The Morgan fingerprint density at radius 1 is 1.10 bits per heavy atom. The van der Waals surface area contributed by atoms with Crippen molar-refractivity contribution in [3.63, 3.8) is 0 Å². The molecular weight excluding hydrogens is 376 g/mol. The van der Waals surface area contributed by atoms with Crippen molar-refractivity contribution in [3.05, 3.63) is 76.2 Å². The number of nitrogens with zero attached hydrogens (tertiary/aromatic N) is 3. The van der Waals surface area contributed by atoms with Crippen LogP contribution in [-0.4, -0.2) is 46.3 Å². The molecule has 4 rings (SSSR count). The molecule has 0 radical (unpaired) electrons. The van der Waals surface area contributed by atoms with Crippen molar-refractivity contribution in [2.24, 2.45) is 0 Å². The Kier molecular flexibility index (Phi) is 6.23. The van der Waals surface area contributed by atoms with Crippen LogP contribution in [0.2, 0.25) is 0 Å². The molecule has 2 aromatic carbocycles. The van der Waals surface area contributed by atoms with Crippen LogP contribution in [0.15, 0.2) is 59.4 Å². The highest BCUT2D eigenvalue weighted by Crippen LogP contribution is 2.13. The highest BCUT2D eigenvalue weighted by Gasteiger charge is 2.21. The van der Waals surface area contributed by atoms with Gasteiger partial charge >= 0.3 is 0 Å². The normalized spacial score (nSPS) is 17.2. The van der Waals surface area contributed by atoms with Crippen LogP contribution in [0.25, 0.3) is 10.8 Å². The monoisotopic (exact) mass is 404 g/mol. The van der Waals surface area contributed by atoms with Crippen LogP contribution in [0.5, 0.6) is 0 Å². The van der Waals surface area contributed by atoms with E-state index in [1.54, 1.807) is 6.07 Å². The summed E-state index contributed by atoms with van der Waals surface area (Å²) in [4.78, 5) is 27.7. The average Bonchev–Trinajstić information content (AvgIpc) is 2.77. The summed E-state index contributed by atoms with van der Waals surface area (Å²) in [5, 5.41) is 8.89. The van der Waals surface area contributed by atoms with Crippen molar-refractivity contribution in [1.82, 2.24) is 20.0 Å². The number of fused-ring (bicyclic) bond motifs is 1. The maximum atomic E-state index is 12.7. The first-order valence-corrected chi connectivity index (χ1v) is 10.6. The van der Waals surface area contributed by atoms with Crippen LogP contribution in [-0.2, 0) is 17.8 Å². The molecule has 156 valence electrons. The minimum Gasteiger partial charge on any atom is -0.350 e. The lowest BCUT2D eigenvalue weighted by molar-refractivity contribution is -0.123. The molecule has 0 spiro atoms. The number of nitrogens with one attached hydrogen (secondary N) is 1. The summed E-state index contributed by atoms with van der Waals surface area (Å²) >= 11 is 0. The Morgan fingerprint density at radius 3 is 2.63 bits per heavy atom. The molecule has 1 amide bonds. The number of piperidine rings is 1. The lowest BCUT2D eigenvalue weighted by atomic mass is 10.0. The van der Waals surface area contributed by atoms with E-state index in [1.165, 1.54) is 10.2 Å². The number of carbonyl (C=O) groups is 1. The van der Waals surface area contributed by atoms with E-state index in [0.29, 0.717) is 5.39 Å². The van der Waals surface area contributed by atoms with Crippen LogP contribution in [0.1, 0.15) is 24.1 Å². The first-order valence-electron chi connectivity index (χ1n) is 10.6. The van der Waals surface area contributed by atoms with E-state index in [-0.39, 0.29) is 24.1 Å². The highest BCUT2D eigenvalue weighted by molar-refractivity contribution is 5.83. The fraction of sp³-hybridized carbons (Fsp3) is 0.375. The minimum absolute atomic E-state index is 0.0506. The predicted octanol–water partition coefficient (Wildman–Crippen LogP) is 2.53. The summed E-state index contributed by atoms with van der Waals surface area (Å²) in [5.41, 5.74) is 1.86. The van der Waals surface area contributed by atoms with Crippen LogP contribution in [0.4, 0.5) is 0 Å². The van der Waals surface area contributed by atoms with E-state index >= 15 is 0 Å². The van der Waals surface area contributed by atoms with E-state index in [1.807, 2.05) is 31.2 Å². The van der Waals surface area contributed by atoms with Crippen molar-refractivity contribution >= 4 is 16.7 Å². The van der Waals surface area contributed by atoms with Gasteiger partial charge in [0, 0.05) is 24.5 Å². The number of aryl methyl sites for hydroxylation is 1. The van der Waals surface area contributed by atoms with Gasteiger partial charge in [-0.3, -0.25) is 9.59 Å². The second-order valence-corrected chi connectivity index (χ2v) is 8.04. The molecule has 0 unspecified atom stereocenters. The summed E-state index contributed by atoms with van der Waals surface area (Å²) in [7, 11) is 0. The van der Waals surface area contributed by atoms with Crippen LogP contribution in [0, 0.1) is 6.92 Å². The molecule has 3 aromatic rings. The molecule has 6 nitrogen and oxygen atoms in total. The number of hydrogen-bond acceptors (Lipinski definition) is 4. The Hall–Kier alpha value is -2.99. The van der Waals surface area contributed by atoms with Gasteiger partial charge in [-0.05, 0) is 44.4 Å². The Bertz CT molecular complexity index is 1080. The van der Waals surface area contributed by atoms with Gasteiger partial charge in [0.05, 0.1) is 11.1 Å². The SMILES string of the molecule is Cc1nn(CC(=O)N[C@H]2CCCN(CCc3ccccc3)C2)c(=O)c2ccccc12. The molecule has 1 fully saturated rings. The standard InChI is InChI=1S/C24H28N4O2/c1-18-21-11-5-6-12-22(21)24(30)28(26-18)17-23(29)25-20-10-7-14-27(16-20)15-13-19-8-3-2-4-9-19/h2-6,8-9,11-12,20H,7,10,13-17H2,1H3,(H,25,29)/t20-/m0/s1. The summed E-state index contributed by atoms with van der Waals surface area (Å²) in [6, 6.07) is 18.0. The number of likely N-dealkylation sites (tertiary alicyclic amines) is 1. The summed E-state index contributed by atoms with van der Waals surface area (Å²) in [5.74, 6) is -0.158. The number of rotatable bonds is 6. The van der Waals surface area contributed by atoms with Crippen LogP contribution >= 0.6 is 0 Å². The highest BCUT2D eigenvalue weighted by atomic mass is 16.2. The van der Waals surface area contributed by atoms with Gasteiger partial charge in [0.25, 0.3) is 5.56 Å². The smallest absolute Gasteiger partial charge is 0.275 e. The Morgan fingerprint density at radius 2 is 1.83 bits per heavy atom. The van der Waals surface area contributed by atoms with Gasteiger partial charge < -0.3 is 10.2 Å². The average molecular weight is 405 g/mol. The second-order valence-electron chi connectivity index (χ2n) is 8.04. The van der Waals surface area contributed by atoms with Crippen molar-refractivity contribution in [2.75, 3.05) is 19.6 Å². The quantitative estimate of drug-likeness (QED) is 0.686. The first-order chi connectivity index (χ1) is 14.6. The number of benzene rings is 2. The van der Waals surface area contributed by atoms with E-state index in [9.17, 15) is 9.59 Å². The molecule has 30 heavy (non-hydrogen) atoms. The molecule has 6 heteroatoms. The van der Waals surface area contributed by atoms with Gasteiger partial charge in [0.1, 0.15) is 6.54 Å². The van der Waals surface area contributed by atoms with Gasteiger partial charge in [0.15, 0.2) is 0 Å². The van der Waals surface area contributed by atoms with Crippen LogP contribution in [0.3, 0.4) is 0 Å². The van der Waals surface area contributed by atoms with Gasteiger partial charge in [-0.25, -0.2) is 4.68 Å². The molecule has 1 atom stereocenters. The first kappa shape index (κ1) is 20.3. The molecule has 1 aromatic heterocycles. The van der Waals surface area contributed by atoms with Gasteiger partial charge in [-0.15, -0.1) is 0 Å². The maximum Gasteiger partial charge on any atom is 0.275 e. The molecule has 0 bridgehead atoms. The third kappa shape index (κ3) is 4.76. The predicted molar refractivity (Wildman–Crippen MR) is 118 cm³/mol. The lowest BCUT2D eigenvalue weighted by Gasteiger charge is -2.33. The van der Waals surface area contributed by atoms with Gasteiger partial charge in [-0.2, -0.15) is 5.10 Å². The lowest BCUT2D eigenvalue weighted by Crippen LogP contribution is -2.49. The molecule has 0 saturated carbocycles. The van der Waals surface area contributed by atoms with E-state index in [2.05, 4.69) is 39.6 Å². The summed E-state index contributed by atoms with van der Waals surface area (Å²) < 4.78 is 1.28. The maximum absolute atomic E-state index is 12.7.